The van der Waals surface area contributed by atoms with E-state index in [9.17, 15) is 4.39 Å². The van der Waals surface area contributed by atoms with E-state index in [0.29, 0.717) is 5.56 Å². The summed E-state index contributed by atoms with van der Waals surface area (Å²) in [7, 11) is 0. The van der Waals surface area contributed by atoms with Gasteiger partial charge in [-0.3, -0.25) is 10.8 Å². The van der Waals surface area contributed by atoms with Crippen LogP contribution in [-0.2, 0) is 0 Å². The molecule has 19 heavy (non-hydrogen) atoms. The fraction of sp³-hybridized carbons (Fsp3) is 0.267. The summed E-state index contributed by atoms with van der Waals surface area (Å²) >= 11 is 0. The summed E-state index contributed by atoms with van der Waals surface area (Å²) in [5.74, 6) is 5.45. The molecule has 0 bridgehead atoms. The highest BCUT2D eigenvalue weighted by molar-refractivity contribution is 5.35. The Labute approximate surface area is 112 Å². The van der Waals surface area contributed by atoms with E-state index in [1.165, 1.54) is 6.07 Å². The predicted octanol–water partition coefficient (Wildman–Crippen LogP) is 2.70. The third-order valence-corrected chi connectivity index (χ3v) is 3.12. The van der Waals surface area contributed by atoms with Crippen LogP contribution >= 0.6 is 0 Å². The zero-order chi connectivity index (χ0) is 14.0. The minimum absolute atomic E-state index is 0.167. The molecule has 2 rings (SSSR count). The lowest BCUT2D eigenvalue weighted by Crippen LogP contribution is -2.29. The van der Waals surface area contributed by atoms with Crippen molar-refractivity contribution in [2.75, 3.05) is 0 Å². The van der Waals surface area contributed by atoms with Gasteiger partial charge in [-0.2, -0.15) is 0 Å². The molecule has 0 aliphatic rings. The second kappa shape index (κ2) is 5.47. The van der Waals surface area contributed by atoms with Crippen molar-refractivity contribution < 1.29 is 4.39 Å². The first-order valence-electron chi connectivity index (χ1n) is 6.18. The van der Waals surface area contributed by atoms with E-state index in [-0.39, 0.29) is 11.9 Å². The third-order valence-electron chi connectivity index (χ3n) is 3.12. The number of nitrogens with one attached hydrogen (secondary N) is 1. The maximum Gasteiger partial charge on any atom is 0.126 e. The number of halogens is 1. The highest BCUT2D eigenvalue weighted by Gasteiger charge is 2.14. The van der Waals surface area contributed by atoms with E-state index in [1.807, 2.05) is 32.0 Å². The number of hydrogen-bond donors (Lipinski definition) is 2. The lowest BCUT2D eigenvalue weighted by molar-refractivity contribution is 0.607. The van der Waals surface area contributed by atoms with E-state index in [4.69, 9.17) is 5.84 Å². The molecule has 0 spiro atoms. The number of pyridine rings is 1. The molecule has 0 aliphatic heterocycles. The van der Waals surface area contributed by atoms with Crippen LogP contribution in [0.2, 0.25) is 0 Å². The van der Waals surface area contributed by atoms with Gasteiger partial charge in [0.05, 0.1) is 6.04 Å². The number of nitrogens with zero attached hydrogens (tertiary/aromatic N) is 1. The van der Waals surface area contributed by atoms with E-state index in [2.05, 4.69) is 10.4 Å². The van der Waals surface area contributed by atoms with Crippen molar-refractivity contribution in [3.8, 4) is 0 Å². The van der Waals surface area contributed by atoms with Crippen LogP contribution in [0.25, 0.3) is 0 Å². The largest absolute Gasteiger partial charge is 0.271 e. The predicted molar refractivity (Wildman–Crippen MR) is 74.0 cm³/mol. The van der Waals surface area contributed by atoms with Crippen molar-refractivity contribution in [3.63, 3.8) is 0 Å². The van der Waals surface area contributed by atoms with E-state index >= 15 is 0 Å². The van der Waals surface area contributed by atoms with Gasteiger partial charge in [-0.1, -0.05) is 12.1 Å². The highest BCUT2D eigenvalue weighted by atomic mass is 19.1. The third kappa shape index (κ3) is 2.97. The van der Waals surface area contributed by atoms with Gasteiger partial charge < -0.3 is 0 Å². The number of hydrogen-bond acceptors (Lipinski definition) is 3. The summed E-state index contributed by atoms with van der Waals surface area (Å²) in [6.45, 7) is 5.63. The molecule has 100 valence electrons. The van der Waals surface area contributed by atoms with Gasteiger partial charge in [0.2, 0.25) is 0 Å². The standard InChI is InChI=1S/C15H18FN3/c1-9-6-12(4-5-14(9)16)15(19-17)13-7-10(2)18-11(3)8-13/h4-8,15,19H,17H2,1-3H3. The van der Waals surface area contributed by atoms with Gasteiger partial charge >= 0.3 is 0 Å². The molecule has 0 saturated heterocycles. The molecule has 3 nitrogen and oxygen atoms in total. The van der Waals surface area contributed by atoms with Crippen LogP contribution in [0.1, 0.15) is 34.1 Å². The Morgan fingerprint density at radius 3 is 2.21 bits per heavy atom. The van der Waals surface area contributed by atoms with Crippen LogP contribution < -0.4 is 11.3 Å². The second-order valence-corrected chi connectivity index (χ2v) is 4.79. The fourth-order valence-corrected chi connectivity index (χ4v) is 2.27. The SMILES string of the molecule is Cc1cc(C(NN)c2ccc(F)c(C)c2)cc(C)n1. The minimum Gasteiger partial charge on any atom is -0.271 e. The maximum atomic E-state index is 13.3. The second-order valence-electron chi connectivity index (χ2n) is 4.79. The lowest BCUT2D eigenvalue weighted by Gasteiger charge is -2.18. The molecule has 1 aromatic carbocycles. The Kier molecular flexibility index (Phi) is 3.93. The van der Waals surface area contributed by atoms with Gasteiger partial charge in [-0.25, -0.2) is 9.82 Å². The van der Waals surface area contributed by atoms with Crippen LogP contribution in [0.3, 0.4) is 0 Å². The van der Waals surface area contributed by atoms with Crippen LogP contribution in [0.15, 0.2) is 30.3 Å². The van der Waals surface area contributed by atoms with Crippen molar-refractivity contribution in [1.82, 2.24) is 10.4 Å². The van der Waals surface area contributed by atoms with Crippen LogP contribution in [0.4, 0.5) is 4.39 Å². The van der Waals surface area contributed by atoms with Gasteiger partial charge in [0, 0.05) is 11.4 Å². The number of benzene rings is 1. The van der Waals surface area contributed by atoms with Gasteiger partial charge in [0.1, 0.15) is 5.82 Å². The summed E-state index contributed by atoms with van der Waals surface area (Å²) in [5, 5.41) is 0. The molecule has 1 aromatic heterocycles. The molecule has 2 aromatic rings. The number of aryl methyl sites for hydroxylation is 3. The van der Waals surface area contributed by atoms with Gasteiger partial charge in [-0.15, -0.1) is 0 Å². The molecule has 0 radical (unpaired) electrons. The summed E-state index contributed by atoms with van der Waals surface area (Å²) in [4.78, 5) is 4.35. The summed E-state index contributed by atoms with van der Waals surface area (Å²) < 4.78 is 13.3. The molecule has 0 fully saturated rings. The normalized spacial score (nSPS) is 12.5. The molecular weight excluding hydrogens is 241 g/mol. The van der Waals surface area contributed by atoms with Gasteiger partial charge in [0.15, 0.2) is 0 Å². The Bertz CT molecular complexity index is 576. The Hall–Kier alpha value is -1.78. The minimum atomic E-state index is -0.207. The first-order valence-corrected chi connectivity index (χ1v) is 6.18. The van der Waals surface area contributed by atoms with E-state index < -0.39 is 0 Å². The topological polar surface area (TPSA) is 50.9 Å². The smallest absolute Gasteiger partial charge is 0.126 e. The first kappa shape index (κ1) is 13.6. The maximum absolute atomic E-state index is 13.3. The zero-order valence-electron chi connectivity index (χ0n) is 11.4. The van der Waals surface area contributed by atoms with Crippen molar-refractivity contribution in [2.45, 2.75) is 26.8 Å². The molecule has 3 N–H and O–H groups in total. The Morgan fingerprint density at radius 1 is 1.05 bits per heavy atom. The number of rotatable bonds is 3. The van der Waals surface area contributed by atoms with Crippen LogP contribution in [0, 0.1) is 26.6 Å². The van der Waals surface area contributed by atoms with Gasteiger partial charge in [0.25, 0.3) is 0 Å². The molecule has 4 heteroatoms. The molecule has 0 aliphatic carbocycles. The van der Waals surface area contributed by atoms with Crippen molar-refractivity contribution in [3.05, 3.63) is 64.2 Å². The fourth-order valence-electron chi connectivity index (χ4n) is 2.27. The van der Waals surface area contributed by atoms with Gasteiger partial charge in [-0.05, 0) is 55.7 Å². The van der Waals surface area contributed by atoms with Crippen molar-refractivity contribution in [1.29, 1.82) is 0 Å². The number of aromatic nitrogens is 1. The van der Waals surface area contributed by atoms with Crippen LogP contribution in [0.5, 0.6) is 0 Å². The van der Waals surface area contributed by atoms with E-state index in [1.54, 1.807) is 13.0 Å². The van der Waals surface area contributed by atoms with Crippen molar-refractivity contribution in [2.24, 2.45) is 5.84 Å². The summed E-state index contributed by atoms with van der Waals surface area (Å²) in [6, 6.07) is 8.82. The molecule has 0 saturated carbocycles. The quantitative estimate of drug-likeness (QED) is 0.658. The average Bonchev–Trinajstić information content (AvgIpc) is 2.33. The molecule has 1 atom stereocenters. The Morgan fingerprint density at radius 2 is 1.68 bits per heavy atom. The number of hydrazine groups is 1. The van der Waals surface area contributed by atoms with E-state index in [0.717, 1.165) is 22.5 Å². The highest BCUT2D eigenvalue weighted by Crippen LogP contribution is 2.24. The monoisotopic (exact) mass is 259 g/mol. The Balaban J connectivity index is 2.46. The number of nitrogens with two attached hydrogens (primary N) is 1. The van der Waals surface area contributed by atoms with Crippen molar-refractivity contribution >= 4 is 0 Å². The van der Waals surface area contributed by atoms with Crippen LogP contribution in [-0.4, -0.2) is 4.98 Å². The molecule has 1 unspecified atom stereocenters. The summed E-state index contributed by atoms with van der Waals surface area (Å²) in [6.07, 6.45) is 0. The first-order chi connectivity index (χ1) is 9.01. The zero-order valence-corrected chi connectivity index (χ0v) is 11.4. The summed E-state index contributed by atoms with van der Waals surface area (Å²) in [5.41, 5.74) is 7.24. The molecule has 0 amide bonds. The molecule has 1 heterocycles. The molecular formula is C15H18FN3. The lowest BCUT2D eigenvalue weighted by atomic mass is 9.97. The average molecular weight is 259 g/mol.